The Morgan fingerprint density at radius 2 is 1.33 bits per heavy atom. The number of nitrogens with one attached hydrogen (secondary N) is 6. The monoisotopic (exact) mass is 732 g/mol. The van der Waals surface area contributed by atoms with E-state index in [4.69, 9.17) is 0 Å². The van der Waals surface area contributed by atoms with Crippen LogP contribution >= 0.6 is 0 Å². The molecule has 0 bridgehead atoms. The number of allylic oxidation sites excluding steroid dienone is 1. The predicted octanol–water partition coefficient (Wildman–Crippen LogP) is 5.41. The van der Waals surface area contributed by atoms with Crippen molar-refractivity contribution in [2.75, 3.05) is 27.2 Å². The lowest BCUT2D eigenvalue weighted by Crippen LogP contribution is -2.53. The normalized spacial score (nSPS) is 17.0. The summed E-state index contributed by atoms with van der Waals surface area (Å²) < 4.78 is 0. The summed E-state index contributed by atoms with van der Waals surface area (Å²) in [5.74, 6) is 0.915. The van der Waals surface area contributed by atoms with Crippen molar-refractivity contribution >= 4 is 23.9 Å². The molecule has 14 heteroatoms. The van der Waals surface area contributed by atoms with Crippen LogP contribution in [-0.2, 0) is 9.59 Å². The van der Waals surface area contributed by atoms with Crippen LogP contribution in [0.1, 0.15) is 64.3 Å². The number of carbonyl (C=O) groups excluding carboxylic acids is 4. The van der Waals surface area contributed by atoms with Gasteiger partial charge in [0, 0.05) is 27.2 Å². The number of benzene rings is 2. The van der Waals surface area contributed by atoms with Gasteiger partial charge in [0.15, 0.2) is 0 Å². The van der Waals surface area contributed by atoms with Gasteiger partial charge in [-0.1, -0.05) is 74.5 Å². The van der Waals surface area contributed by atoms with E-state index in [-0.39, 0.29) is 35.5 Å². The number of carbonyl (C=O) groups is 4. The first kappa shape index (κ1) is 37.6. The van der Waals surface area contributed by atoms with Crippen molar-refractivity contribution in [2.45, 2.75) is 58.7 Å². The molecule has 282 valence electrons. The number of imidazole rings is 2. The number of urea groups is 2. The van der Waals surface area contributed by atoms with Crippen molar-refractivity contribution in [1.82, 2.24) is 51.0 Å². The summed E-state index contributed by atoms with van der Waals surface area (Å²) in [6.45, 7) is 8.44. The van der Waals surface area contributed by atoms with Crippen LogP contribution in [0.5, 0.6) is 0 Å². The van der Waals surface area contributed by atoms with Crippen LogP contribution in [0.25, 0.3) is 33.6 Å². The molecular formula is C40H48N10O4. The zero-order valence-corrected chi connectivity index (χ0v) is 31.5. The smallest absolute Gasteiger partial charge is 0.319 e. The summed E-state index contributed by atoms with van der Waals surface area (Å²) in [4.78, 5) is 70.6. The minimum Gasteiger partial charge on any atom is -0.341 e. The molecule has 1 fully saturated rings. The van der Waals surface area contributed by atoms with E-state index in [0.717, 1.165) is 52.3 Å². The molecule has 6 N–H and O–H groups in total. The molecule has 2 aromatic heterocycles. The Kier molecular flexibility index (Phi) is 11.3. The third kappa shape index (κ3) is 7.92. The summed E-state index contributed by atoms with van der Waals surface area (Å²) in [5, 5.41) is 10.5. The van der Waals surface area contributed by atoms with Gasteiger partial charge in [0.05, 0.1) is 29.8 Å². The quantitative estimate of drug-likeness (QED) is 0.0937. The minimum atomic E-state index is -0.627. The van der Waals surface area contributed by atoms with Crippen LogP contribution in [-0.4, -0.2) is 86.8 Å². The Hall–Kier alpha value is -6.18. The average molecular weight is 733 g/mol. The Labute approximate surface area is 314 Å². The van der Waals surface area contributed by atoms with Crippen LogP contribution in [0.3, 0.4) is 0 Å². The van der Waals surface area contributed by atoms with Crippen molar-refractivity contribution in [2.24, 2.45) is 5.92 Å². The first-order valence-corrected chi connectivity index (χ1v) is 18.2. The number of H-pyrrole nitrogens is 2. The molecule has 14 nitrogen and oxygen atoms in total. The number of nitrogens with zero attached hydrogens (tertiary/aromatic N) is 4. The van der Waals surface area contributed by atoms with Gasteiger partial charge in [0.1, 0.15) is 29.4 Å². The summed E-state index contributed by atoms with van der Waals surface area (Å²) in [6, 6.07) is 14.4. The molecule has 1 unspecified atom stereocenters. The molecular weight excluding hydrogens is 685 g/mol. The summed E-state index contributed by atoms with van der Waals surface area (Å²) >= 11 is 0. The molecule has 4 aromatic rings. The zero-order valence-electron chi connectivity index (χ0n) is 31.5. The van der Waals surface area contributed by atoms with E-state index in [1.165, 1.54) is 14.1 Å². The second kappa shape index (κ2) is 16.2. The van der Waals surface area contributed by atoms with Crippen LogP contribution in [0.15, 0.2) is 84.3 Å². The molecule has 3 atom stereocenters. The van der Waals surface area contributed by atoms with Crippen molar-refractivity contribution < 1.29 is 19.2 Å². The maximum absolute atomic E-state index is 13.5. The molecule has 0 spiro atoms. The van der Waals surface area contributed by atoms with Gasteiger partial charge in [-0.15, -0.1) is 0 Å². The van der Waals surface area contributed by atoms with Gasteiger partial charge in [-0.25, -0.2) is 19.6 Å². The van der Waals surface area contributed by atoms with Gasteiger partial charge in [0.2, 0.25) is 5.91 Å². The highest BCUT2D eigenvalue weighted by atomic mass is 16.2. The number of rotatable bonds is 10. The molecule has 54 heavy (non-hydrogen) atoms. The van der Waals surface area contributed by atoms with Crippen molar-refractivity contribution in [3.63, 3.8) is 0 Å². The maximum atomic E-state index is 13.5. The lowest BCUT2D eigenvalue weighted by molar-refractivity contribution is -0.135. The molecule has 0 radical (unpaired) electrons. The highest BCUT2D eigenvalue weighted by Crippen LogP contribution is 2.34. The van der Waals surface area contributed by atoms with Gasteiger partial charge in [-0.05, 0) is 60.4 Å². The van der Waals surface area contributed by atoms with Gasteiger partial charge in [-0.3, -0.25) is 9.59 Å². The third-order valence-electron chi connectivity index (χ3n) is 9.89. The number of aromatic nitrogens is 4. The molecule has 2 aliphatic rings. The van der Waals surface area contributed by atoms with E-state index in [0.29, 0.717) is 24.5 Å². The SMILES string of the molecule is CNC(=O)NC(C(=O)N1CC=C[C@H]1c1ncc(-c2ccc(-c3ccc(-c4cnc(C5CCCN5C(=O)[C@@H](NC(=O)NC)C(C)C)[nH]4)cc3)cc2)[nH]1)=C(C)C. The number of aromatic amines is 2. The van der Waals surface area contributed by atoms with E-state index in [9.17, 15) is 19.2 Å². The number of amides is 6. The van der Waals surface area contributed by atoms with E-state index in [1.807, 2.05) is 55.2 Å². The Balaban J connectivity index is 1.11. The zero-order chi connectivity index (χ0) is 38.5. The fraction of sp³-hybridized carbons (Fsp3) is 0.350. The first-order chi connectivity index (χ1) is 26.0. The molecule has 2 aromatic carbocycles. The highest BCUT2D eigenvalue weighted by molar-refractivity contribution is 5.98. The van der Waals surface area contributed by atoms with Crippen LogP contribution in [0.4, 0.5) is 9.59 Å². The van der Waals surface area contributed by atoms with Crippen molar-refractivity contribution in [3.05, 3.63) is 96.0 Å². The van der Waals surface area contributed by atoms with Crippen LogP contribution < -0.4 is 21.3 Å². The second-order valence-corrected chi connectivity index (χ2v) is 14.1. The Bertz CT molecular complexity index is 2060. The fourth-order valence-electron chi connectivity index (χ4n) is 6.87. The molecule has 4 heterocycles. The van der Waals surface area contributed by atoms with Crippen molar-refractivity contribution in [1.29, 1.82) is 0 Å². The van der Waals surface area contributed by atoms with Crippen LogP contribution in [0, 0.1) is 5.92 Å². The van der Waals surface area contributed by atoms with E-state index in [2.05, 4.69) is 65.5 Å². The summed E-state index contributed by atoms with van der Waals surface area (Å²) in [7, 11) is 3.04. The molecule has 0 saturated carbocycles. The average Bonchev–Trinajstić information content (AvgIpc) is 4.02. The summed E-state index contributed by atoms with van der Waals surface area (Å²) in [6.07, 6.45) is 9.08. The molecule has 6 rings (SSSR count). The Morgan fingerprint density at radius 3 is 1.89 bits per heavy atom. The molecule has 0 aliphatic carbocycles. The van der Waals surface area contributed by atoms with Gasteiger partial charge >= 0.3 is 12.1 Å². The number of hydrogen-bond donors (Lipinski definition) is 6. The van der Waals surface area contributed by atoms with Gasteiger partial charge in [0.25, 0.3) is 5.91 Å². The molecule has 6 amide bonds. The first-order valence-electron chi connectivity index (χ1n) is 18.2. The van der Waals surface area contributed by atoms with Crippen LogP contribution in [0.2, 0.25) is 0 Å². The Morgan fingerprint density at radius 1 is 0.778 bits per heavy atom. The standard InChI is InChI=1S/C40H48N10O4/c1-23(2)33(47-39(53)41-5)37(51)49-19-7-9-31(49)35-43-21-29(45-35)27-15-11-25(12-16-27)26-13-17-28(18-14-26)30-22-44-36(46-30)32-10-8-20-50(32)38(52)34(24(3)4)48-40(54)42-6/h7,9,11-18,21-22,24,31-32,34H,8,10,19-20H2,1-6H3,(H,43,45)(H,44,46)(H2,41,47,53)(H2,42,48,54)/t31-,32?,34-/m0/s1. The van der Waals surface area contributed by atoms with E-state index >= 15 is 0 Å². The topological polar surface area (TPSA) is 180 Å². The molecule has 1 saturated heterocycles. The van der Waals surface area contributed by atoms with E-state index in [1.54, 1.807) is 31.1 Å². The molecule has 2 aliphatic heterocycles. The number of hydrogen-bond acceptors (Lipinski definition) is 6. The fourth-order valence-corrected chi connectivity index (χ4v) is 6.87. The van der Waals surface area contributed by atoms with Crippen molar-refractivity contribution in [3.8, 4) is 33.6 Å². The minimum absolute atomic E-state index is 0.0660. The summed E-state index contributed by atoms with van der Waals surface area (Å²) in [5.41, 5.74) is 6.67. The lowest BCUT2D eigenvalue weighted by atomic mass is 10.0. The lowest BCUT2D eigenvalue weighted by Gasteiger charge is -2.30. The van der Waals surface area contributed by atoms with Gasteiger partial charge < -0.3 is 41.0 Å². The number of likely N-dealkylation sites (tertiary alicyclic amines) is 1. The third-order valence-corrected chi connectivity index (χ3v) is 9.89. The highest BCUT2D eigenvalue weighted by Gasteiger charge is 2.37. The predicted molar refractivity (Wildman–Crippen MR) is 207 cm³/mol. The second-order valence-electron chi connectivity index (χ2n) is 14.1. The maximum Gasteiger partial charge on any atom is 0.319 e. The van der Waals surface area contributed by atoms with Gasteiger partial charge in [-0.2, -0.15) is 0 Å². The van der Waals surface area contributed by atoms with E-state index < -0.39 is 18.1 Å². The largest absolute Gasteiger partial charge is 0.341 e.